The normalized spacial score (nSPS) is 12.4. The first-order valence-corrected chi connectivity index (χ1v) is 32.3. The van der Waals surface area contributed by atoms with Crippen LogP contribution in [0.4, 0.5) is 0 Å². The molecule has 0 fully saturated rings. The summed E-state index contributed by atoms with van der Waals surface area (Å²) >= 11 is 0. The highest BCUT2D eigenvalue weighted by Crippen LogP contribution is 2.19. The van der Waals surface area contributed by atoms with Crippen molar-refractivity contribution < 1.29 is 28.6 Å². The largest absolute Gasteiger partial charge is 0.462 e. The van der Waals surface area contributed by atoms with Gasteiger partial charge >= 0.3 is 17.9 Å². The molecule has 0 aliphatic carbocycles. The van der Waals surface area contributed by atoms with E-state index in [1.807, 2.05) is 0 Å². The average Bonchev–Trinajstić information content (AvgIpc) is 3.36. The summed E-state index contributed by atoms with van der Waals surface area (Å²) in [4.78, 5) is 38.3. The van der Waals surface area contributed by atoms with E-state index in [4.69, 9.17) is 14.2 Å². The Labute approximate surface area is 444 Å². The smallest absolute Gasteiger partial charge is 0.306 e. The molecule has 2 atom stereocenters. The SMILES string of the molecule is CCCCCCCCCCCCCCCC(=O)OC[C@H](COC(=O)CCCCCCCCCCCCCCCCCCCCC(C)CC)OC(=O)CCCCCCCCCCCCCCCCCC(C)C. The van der Waals surface area contributed by atoms with Crippen LogP contribution in [0.2, 0.25) is 0 Å². The van der Waals surface area contributed by atoms with Gasteiger partial charge in [-0.3, -0.25) is 14.4 Å². The molecule has 0 aromatic carbocycles. The number of rotatable bonds is 59. The topological polar surface area (TPSA) is 78.9 Å². The van der Waals surface area contributed by atoms with Gasteiger partial charge in [0.2, 0.25) is 0 Å². The molecule has 422 valence electrons. The highest BCUT2D eigenvalue weighted by molar-refractivity contribution is 5.71. The zero-order chi connectivity index (χ0) is 51.8. The van der Waals surface area contributed by atoms with Gasteiger partial charge in [-0.25, -0.2) is 0 Å². The van der Waals surface area contributed by atoms with Crippen LogP contribution < -0.4 is 0 Å². The van der Waals surface area contributed by atoms with Gasteiger partial charge in [-0.15, -0.1) is 0 Å². The van der Waals surface area contributed by atoms with Crippen LogP contribution >= 0.6 is 0 Å². The fourth-order valence-electron chi connectivity index (χ4n) is 10.1. The third-order valence-electron chi connectivity index (χ3n) is 15.3. The van der Waals surface area contributed by atoms with Crippen LogP contribution in [0.5, 0.6) is 0 Å². The zero-order valence-electron chi connectivity index (χ0n) is 48.9. The molecule has 0 bridgehead atoms. The average molecular weight is 1000 g/mol. The molecule has 0 aliphatic rings. The van der Waals surface area contributed by atoms with E-state index in [0.29, 0.717) is 19.3 Å². The quantitative estimate of drug-likeness (QED) is 0.0343. The third-order valence-corrected chi connectivity index (χ3v) is 15.3. The van der Waals surface area contributed by atoms with Crippen LogP contribution in [-0.2, 0) is 28.6 Å². The van der Waals surface area contributed by atoms with E-state index < -0.39 is 6.10 Å². The maximum Gasteiger partial charge on any atom is 0.306 e. The molecule has 0 aromatic rings. The van der Waals surface area contributed by atoms with E-state index in [1.54, 1.807) is 0 Å². The van der Waals surface area contributed by atoms with Crippen LogP contribution in [0.3, 0.4) is 0 Å². The Morgan fingerprint density at radius 1 is 0.296 bits per heavy atom. The van der Waals surface area contributed by atoms with E-state index in [9.17, 15) is 14.4 Å². The Balaban J connectivity index is 4.24. The molecular weight excluding hydrogens is 877 g/mol. The maximum absolute atomic E-state index is 12.9. The predicted octanol–water partition coefficient (Wildman–Crippen LogP) is 21.6. The molecular formula is C65H126O6. The molecule has 0 radical (unpaired) electrons. The minimum atomic E-state index is -0.763. The minimum absolute atomic E-state index is 0.0617. The lowest BCUT2D eigenvalue weighted by Gasteiger charge is -2.18. The van der Waals surface area contributed by atoms with E-state index in [-0.39, 0.29) is 31.1 Å². The first-order valence-electron chi connectivity index (χ1n) is 32.3. The van der Waals surface area contributed by atoms with Crippen molar-refractivity contribution in [1.82, 2.24) is 0 Å². The fraction of sp³-hybridized carbons (Fsp3) is 0.954. The molecule has 0 spiro atoms. The van der Waals surface area contributed by atoms with Crippen molar-refractivity contribution in [1.29, 1.82) is 0 Å². The summed E-state index contributed by atoms with van der Waals surface area (Å²) in [6.45, 7) is 11.5. The number of ether oxygens (including phenoxy) is 3. The molecule has 0 aromatic heterocycles. The predicted molar refractivity (Wildman–Crippen MR) is 307 cm³/mol. The van der Waals surface area contributed by atoms with Crippen molar-refractivity contribution in [2.75, 3.05) is 13.2 Å². The maximum atomic E-state index is 12.9. The summed E-state index contributed by atoms with van der Waals surface area (Å²) in [5, 5.41) is 0. The summed E-state index contributed by atoms with van der Waals surface area (Å²) in [7, 11) is 0. The lowest BCUT2D eigenvalue weighted by atomic mass is 9.99. The van der Waals surface area contributed by atoms with Crippen LogP contribution in [0.1, 0.15) is 369 Å². The summed E-state index contributed by atoms with van der Waals surface area (Å²) in [5.41, 5.74) is 0. The van der Waals surface area contributed by atoms with Gasteiger partial charge in [0.25, 0.3) is 0 Å². The van der Waals surface area contributed by atoms with Crippen LogP contribution in [-0.4, -0.2) is 37.2 Å². The Morgan fingerprint density at radius 2 is 0.535 bits per heavy atom. The highest BCUT2D eigenvalue weighted by Gasteiger charge is 2.19. The molecule has 71 heavy (non-hydrogen) atoms. The zero-order valence-corrected chi connectivity index (χ0v) is 48.9. The van der Waals surface area contributed by atoms with Crippen molar-refractivity contribution in [3.63, 3.8) is 0 Å². The molecule has 0 heterocycles. The second kappa shape index (κ2) is 57.7. The Kier molecular flexibility index (Phi) is 56.4. The van der Waals surface area contributed by atoms with E-state index in [0.717, 1.165) is 69.6 Å². The van der Waals surface area contributed by atoms with Gasteiger partial charge in [0.1, 0.15) is 13.2 Å². The van der Waals surface area contributed by atoms with Crippen molar-refractivity contribution >= 4 is 17.9 Å². The van der Waals surface area contributed by atoms with Crippen molar-refractivity contribution in [2.45, 2.75) is 375 Å². The standard InChI is InChI=1S/C65H126O6/c1-6-8-9-10-11-12-13-23-30-35-40-45-50-55-63(66)69-58-62(71-65(68)57-52-47-42-37-32-27-22-18-19-24-28-33-38-43-48-53-60(3)4)59-70-64(67)56-51-46-41-36-31-26-21-17-15-14-16-20-25-29-34-39-44-49-54-61(5)7-2/h60-62H,6-59H2,1-5H3/t61?,62-/m1/s1. The van der Waals surface area contributed by atoms with Crippen LogP contribution in [0.25, 0.3) is 0 Å². The Bertz CT molecular complexity index is 1090. The number of carbonyl (C=O) groups is 3. The van der Waals surface area contributed by atoms with Gasteiger partial charge in [-0.05, 0) is 31.1 Å². The number of hydrogen-bond acceptors (Lipinski definition) is 6. The van der Waals surface area contributed by atoms with E-state index >= 15 is 0 Å². The first kappa shape index (κ1) is 69.4. The first-order chi connectivity index (χ1) is 34.8. The van der Waals surface area contributed by atoms with E-state index in [2.05, 4.69) is 34.6 Å². The summed E-state index contributed by atoms with van der Waals surface area (Å²) in [6.07, 6.45) is 63.8. The van der Waals surface area contributed by atoms with E-state index in [1.165, 1.54) is 257 Å². The molecule has 0 aliphatic heterocycles. The van der Waals surface area contributed by atoms with Crippen molar-refractivity contribution in [3.05, 3.63) is 0 Å². The second-order valence-corrected chi connectivity index (χ2v) is 23.1. The monoisotopic (exact) mass is 1000 g/mol. The van der Waals surface area contributed by atoms with Gasteiger partial charge < -0.3 is 14.2 Å². The Hall–Kier alpha value is -1.59. The molecule has 0 saturated carbocycles. The van der Waals surface area contributed by atoms with Crippen molar-refractivity contribution in [2.24, 2.45) is 11.8 Å². The van der Waals surface area contributed by atoms with Crippen LogP contribution in [0, 0.1) is 11.8 Å². The van der Waals surface area contributed by atoms with Crippen LogP contribution in [0.15, 0.2) is 0 Å². The van der Waals surface area contributed by atoms with Gasteiger partial charge in [0.05, 0.1) is 0 Å². The molecule has 6 nitrogen and oxygen atoms in total. The fourth-order valence-corrected chi connectivity index (χ4v) is 10.1. The second-order valence-electron chi connectivity index (χ2n) is 23.1. The molecule has 0 amide bonds. The van der Waals surface area contributed by atoms with Crippen molar-refractivity contribution in [3.8, 4) is 0 Å². The number of esters is 3. The molecule has 0 saturated heterocycles. The Morgan fingerprint density at radius 3 is 0.803 bits per heavy atom. The number of unbranched alkanes of at least 4 members (excludes halogenated alkanes) is 43. The van der Waals surface area contributed by atoms with Gasteiger partial charge in [0, 0.05) is 19.3 Å². The molecule has 1 unspecified atom stereocenters. The number of hydrogen-bond donors (Lipinski definition) is 0. The minimum Gasteiger partial charge on any atom is -0.462 e. The summed E-state index contributed by atoms with van der Waals surface area (Å²) < 4.78 is 17.0. The summed E-state index contributed by atoms with van der Waals surface area (Å²) in [6, 6.07) is 0. The van der Waals surface area contributed by atoms with Gasteiger partial charge in [-0.1, -0.05) is 330 Å². The lowest BCUT2D eigenvalue weighted by Crippen LogP contribution is -2.30. The lowest BCUT2D eigenvalue weighted by molar-refractivity contribution is -0.167. The highest BCUT2D eigenvalue weighted by atomic mass is 16.6. The third kappa shape index (κ3) is 57.5. The molecule has 0 N–H and O–H groups in total. The van der Waals surface area contributed by atoms with Gasteiger partial charge in [-0.2, -0.15) is 0 Å². The molecule has 0 rings (SSSR count). The summed E-state index contributed by atoms with van der Waals surface area (Å²) in [5.74, 6) is 0.927. The molecule has 6 heteroatoms. The van der Waals surface area contributed by atoms with Gasteiger partial charge in [0.15, 0.2) is 6.10 Å². The number of carbonyl (C=O) groups excluding carboxylic acids is 3.